The van der Waals surface area contributed by atoms with Crippen molar-refractivity contribution in [2.24, 2.45) is 0 Å². The molecule has 3 rings (SSSR count). The topological polar surface area (TPSA) is 23.6 Å². The molecule has 0 spiro atoms. The predicted molar refractivity (Wildman–Crippen MR) is 99.8 cm³/mol. The molecular formula is C21H26N2O. The molecule has 126 valence electrons. The van der Waals surface area contributed by atoms with Crippen molar-refractivity contribution in [1.29, 1.82) is 0 Å². The first kappa shape index (κ1) is 16.6. The summed E-state index contributed by atoms with van der Waals surface area (Å²) < 4.78 is 0. The number of aryl methyl sites for hydroxylation is 1. The van der Waals surface area contributed by atoms with Gasteiger partial charge in [-0.15, -0.1) is 0 Å². The molecule has 1 saturated heterocycles. The average molecular weight is 322 g/mol. The zero-order valence-electron chi connectivity index (χ0n) is 14.8. The van der Waals surface area contributed by atoms with Gasteiger partial charge in [-0.1, -0.05) is 43.7 Å². The fourth-order valence-corrected chi connectivity index (χ4v) is 3.12. The molecule has 3 nitrogen and oxygen atoms in total. The Morgan fingerprint density at radius 3 is 2.00 bits per heavy atom. The van der Waals surface area contributed by atoms with Crippen LogP contribution in [0.3, 0.4) is 0 Å². The van der Waals surface area contributed by atoms with Gasteiger partial charge in [0, 0.05) is 37.4 Å². The highest BCUT2D eigenvalue weighted by Gasteiger charge is 2.22. The molecule has 0 saturated carbocycles. The summed E-state index contributed by atoms with van der Waals surface area (Å²) in [6.45, 7) is 9.79. The summed E-state index contributed by atoms with van der Waals surface area (Å²) in [5.41, 5.74) is 4.59. The van der Waals surface area contributed by atoms with Crippen LogP contribution >= 0.6 is 0 Å². The predicted octanol–water partition coefficient (Wildman–Crippen LogP) is 4.08. The maximum Gasteiger partial charge on any atom is 0.253 e. The second-order valence-corrected chi connectivity index (χ2v) is 6.89. The summed E-state index contributed by atoms with van der Waals surface area (Å²) in [4.78, 5) is 16.9. The van der Waals surface area contributed by atoms with Gasteiger partial charge < -0.3 is 9.80 Å². The second-order valence-electron chi connectivity index (χ2n) is 6.89. The zero-order chi connectivity index (χ0) is 17.1. The Labute approximate surface area is 144 Å². The van der Waals surface area contributed by atoms with Gasteiger partial charge in [0.1, 0.15) is 0 Å². The number of amides is 1. The van der Waals surface area contributed by atoms with Crippen molar-refractivity contribution in [3.05, 3.63) is 65.2 Å². The van der Waals surface area contributed by atoms with Gasteiger partial charge in [-0.2, -0.15) is 0 Å². The van der Waals surface area contributed by atoms with Gasteiger partial charge in [0.2, 0.25) is 0 Å². The van der Waals surface area contributed by atoms with Crippen LogP contribution in [0, 0.1) is 6.92 Å². The molecule has 0 aromatic heterocycles. The monoisotopic (exact) mass is 322 g/mol. The molecule has 2 aromatic carbocycles. The summed E-state index contributed by atoms with van der Waals surface area (Å²) in [6.07, 6.45) is 0. The third-order valence-electron chi connectivity index (χ3n) is 4.79. The minimum absolute atomic E-state index is 0.143. The van der Waals surface area contributed by atoms with Gasteiger partial charge in [0.25, 0.3) is 5.91 Å². The molecule has 0 N–H and O–H groups in total. The van der Waals surface area contributed by atoms with Gasteiger partial charge in [-0.25, -0.2) is 0 Å². The Balaban J connectivity index is 1.61. The maximum absolute atomic E-state index is 12.6. The van der Waals surface area contributed by atoms with Crippen molar-refractivity contribution in [1.82, 2.24) is 4.90 Å². The van der Waals surface area contributed by atoms with Crippen molar-refractivity contribution >= 4 is 11.6 Å². The van der Waals surface area contributed by atoms with Crippen LogP contribution in [-0.2, 0) is 0 Å². The quantitative estimate of drug-likeness (QED) is 0.850. The lowest BCUT2D eigenvalue weighted by Crippen LogP contribution is -2.48. The van der Waals surface area contributed by atoms with Crippen LogP contribution in [0.2, 0.25) is 0 Å². The van der Waals surface area contributed by atoms with Crippen LogP contribution in [0.15, 0.2) is 48.5 Å². The van der Waals surface area contributed by atoms with Gasteiger partial charge in [-0.3, -0.25) is 4.79 Å². The molecule has 1 aliphatic heterocycles. The van der Waals surface area contributed by atoms with E-state index in [9.17, 15) is 4.79 Å². The molecule has 1 heterocycles. The molecule has 2 aromatic rings. The number of nitrogens with zero attached hydrogens (tertiary/aromatic N) is 2. The van der Waals surface area contributed by atoms with Gasteiger partial charge in [0.15, 0.2) is 0 Å². The zero-order valence-corrected chi connectivity index (χ0v) is 14.8. The van der Waals surface area contributed by atoms with Crippen molar-refractivity contribution < 1.29 is 4.79 Å². The summed E-state index contributed by atoms with van der Waals surface area (Å²) in [7, 11) is 0. The Morgan fingerprint density at radius 2 is 1.46 bits per heavy atom. The minimum atomic E-state index is 0.143. The van der Waals surface area contributed by atoms with E-state index in [2.05, 4.69) is 43.0 Å². The third-order valence-corrected chi connectivity index (χ3v) is 4.79. The molecule has 1 amide bonds. The van der Waals surface area contributed by atoms with E-state index in [1.54, 1.807) is 0 Å². The number of rotatable bonds is 3. The lowest BCUT2D eigenvalue weighted by atomic mass is 10.0. The number of anilines is 1. The Morgan fingerprint density at radius 1 is 0.875 bits per heavy atom. The smallest absolute Gasteiger partial charge is 0.253 e. The molecule has 0 radical (unpaired) electrons. The molecular weight excluding hydrogens is 296 g/mol. The van der Waals surface area contributed by atoms with E-state index in [0.29, 0.717) is 5.92 Å². The van der Waals surface area contributed by atoms with E-state index in [1.165, 1.54) is 16.8 Å². The molecule has 3 heteroatoms. The van der Waals surface area contributed by atoms with E-state index in [-0.39, 0.29) is 5.91 Å². The van der Waals surface area contributed by atoms with Crippen LogP contribution in [0.4, 0.5) is 5.69 Å². The lowest BCUT2D eigenvalue weighted by Gasteiger charge is -2.36. The van der Waals surface area contributed by atoms with Crippen LogP contribution in [0.5, 0.6) is 0 Å². The molecule has 1 aliphatic rings. The number of hydrogen-bond donors (Lipinski definition) is 0. The van der Waals surface area contributed by atoms with Crippen molar-refractivity contribution in [2.45, 2.75) is 26.7 Å². The van der Waals surface area contributed by atoms with E-state index in [0.717, 1.165) is 31.7 Å². The summed E-state index contributed by atoms with van der Waals surface area (Å²) in [5, 5.41) is 0. The van der Waals surface area contributed by atoms with Crippen LogP contribution in [0.25, 0.3) is 0 Å². The Kier molecular flexibility index (Phi) is 4.89. The van der Waals surface area contributed by atoms with Crippen LogP contribution in [-0.4, -0.2) is 37.0 Å². The van der Waals surface area contributed by atoms with Gasteiger partial charge >= 0.3 is 0 Å². The van der Waals surface area contributed by atoms with E-state index in [1.807, 2.05) is 36.1 Å². The highest BCUT2D eigenvalue weighted by molar-refractivity contribution is 5.94. The SMILES string of the molecule is Cc1ccc(C(=O)N2CCN(c3ccc(C(C)C)cc3)CC2)cc1. The van der Waals surface area contributed by atoms with Crippen LogP contribution in [0.1, 0.15) is 41.3 Å². The summed E-state index contributed by atoms with van der Waals surface area (Å²) >= 11 is 0. The van der Waals surface area contributed by atoms with Crippen molar-refractivity contribution in [2.75, 3.05) is 31.1 Å². The second kappa shape index (κ2) is 7.08. The Bertz CT molecular complexity index is 681. The number of carbonyl (C=O) groups is 1. The first-order chi connectivity index (χ1) is 11.5. The summed E-state index contributed by atoms with van der Waals surface area (Å²) in [5.74, 6) is 0.702. The highest BCUT2D eigenvalue weighted by Crippen LogP contribution is 2.21. The van der Waals surface area contributed by atoms with E-state index >= 15 is 0 Å². The molecule has 24 heavy (non-hydrogen) atoms. The fraction of sp³-hybridized carbons (Fsp3) is 0.381. The maximum atomic E-state index is 12.6. The number of hydrogen-bond acceptors (Lipinski definition) is 2. The number of benzene rings is 2. The average Bonchev–Trinajstić information content (AvgIpc) is 2.62. The van der Waals surface area contributed by atoms with Crippen molar-refractivity contribution in [3.63, 3.8) is 0 Å². The number of piperazine rings is 1. The normalized spacial score (nSPS) is 15.0. The Hall–Kier alpha value is -2.29. The number of carbonyl (C=O) groups excluding carboxylic acids is 1. The molecule has 0 bridgehead atoms. The lowest BCUT2D eigenvalue weighted by molar-refractivity contribution is 0.0747. The van der Waals surface area contributed by atoms with E-state index < -0.39 is 0 Å². The summed E-state index contributed by atoms with van der Waals surface area (Å²) in [6, 6.07) is 16.7. The first-order valence-corrected chi connectivity index (χ1v) is 8.75. The fourth-order valence-electron chi connectivity index (χ4n) is 3.12. The largest absolute Gasteiger partial charge is 0.368 e. The van der Waals surface area contributed by atoms with Gasteiger partial charge in [-0.05, 0) is 42.7 Å². The first-order valence-electron chi connectivity index (χ1n) is 8.75. The molecule has 0 atom stereocenters. The van der Waals surface area contributed by atoms with Gasteiger partial charge in [0.05, 0.1) is 0 Å². The minimum Gasteiger partial charge on any atom is -0.368 e. The highest BCUT2D eigenvalue weighted by atomic mass is 16.2. The van der Waals surface area contributed by atoms with E-state index in [4.69, 9.17) is 0 Å². The van der Waals surface area contributed by atoms with Crippen LogP contribution < -0.4 is 4.90 Å². The third kappa shape index (κ3) is 3.61. The molecule has 1 fully saturated rings. The standard InChI is InChI=1S/C21H26N2O/c1-16(2)18-8-10-20(11-9-18)22-12-14-23(15-13-22)21(24)19-6-4-17(3)5-7-19/h4-11,16H,12-15H2,1-3H3. The molecule has 0 aliphatic carbocycles. The molecule has 0 unspecified atom stereocenters. The van der Waals surface area contributed by atoms with Crippen molar-refractivity contribution in [3.8, 4) is 0 Å².